The Morgan fingerprint density at radius 3 is 2.48 bits per heavy atom. The number of carboxylic acids is 1. The Labute approximate surface area is 246 Å². The van der Waals surface area contributed by atoms with E-state index in [0.29, 0.717) is 53.5 Å². The van der Waals surface area contributed by atoms with E-state index in [1.165, 1.54) is 4.90 Å². The minimum Gasteiger partial charge on any atom is -0.505 e. The highest BCUT2D eigenvalue weighted by atomic mass is 16.4. The highest BCUT2D eigenvalue weighted by molar-refractivity contribution is 6.57. The summed E-state index contributed by atoms with van der Waals surface area (Å²) in [6.07, 6.45) is 4.87. The van der Waals surface area contributed by atoms with Crippen LogP contribution in [0.5, 0.6) is 5.75 Å². The zero-order valence-electron chi connectivity index (χ0n) is 24.8. The van der Waals surface area contributed by atoms with Crippen LogP contribution in [-0.2, 0) is 14.4 Å². The van der Waals surface area contributed by atoms with Crippen LogP contribution in [0.2, 0.25) is 0 Å². The Bertz CT molecular complexity index is 1470. The molecule has 9 nitrogen and oxygen atoms in total. The van der Waals surface area contributed by atoms with Crippen molar-refractivity contribution in [2.75, 3.05) is 23.4 Å². The number of carbonyl (C=O) groups excluding carboxylic acids is 2. The third-order valence-electron chi connectivity index (χ3n) is 9.07. The van der Waals surface area contributed by atoms with Crippen molar-refractivity contribution in [3.05, 3.63) is 64.2 Å². The number of imide groups is 1. The van der Waals surface area contributed by atoms with Crippen molar-refractivity contribution in [1.29, 1.82) is 0 Å². The average Bonchev–Trinajstić information content (AvgIpc) is 3.81. The molecule has 0 radical (unpaired) electrons. The second kappa shape index (κ2) is 12.1. The van der Waals surface area contributed by atoms with E-state index in [4.69, 9.17) is 0 Å². The molecule has 2 aromatic rings. The van der Waals surface area contributed by atoms with Gasteiger partial charge in [-0.15, -0.1) is 0 Å². The molecule has 3 aliphatic rings. The number of hydrogen-bond donors (Lipinski definition) is 3. The maximum Gasteiger partial charge on any atom is 0.306 e. The molecule has 222 valence electrons. The van der Waals surface area contributed by atoms with Gasteiger partial charge in [-0.3, -0.25) is 24.7 Å². The number of hydrogen-bond acceptors (Lipinski definition) is 7. The molecule has 2 unspecified atom stereocenters. The molecule has 2 fully saturated rings. The highest BCUT2D eigenvalue weighted by Crippen LogP contribution is 2.42. The Balaban J connectivity index is 1.50. The van der Waals surface area contributed by atoms with E-state index in [0.717, 1.165) is 43.4 Å². The van der Waals surface area contributed by atoms with Crippen LogP contribution >= 0.6 is 0 Å². The molecular formula is C33H40N4O5. The van der Waals surface area contributed by atoms with Gasteiger partial charge < -0.3 is 10.2 Å². The first-order chi connectivity index (χ1) is 20.1. The van der Waals surface area contributed by atoms with Gasteiger partial charge in [-0.2, -0.15) is 5.10 Å². The second-order valence-electron chi connectivity index (χ2n) is 11.8. The van der Waals surface area contributed by atoms with Gasteiger partial charge >= 0.3 is 5.97 Å². The summed E-state index contributed by atoms with van der Waals surface area (Å²) in [7, 11) is 0. The number of rotatable bonds is 9. The van der Waals surface area contributed by atoms with Crippen LogP contribution in [0.15, 0.2) is 52.6 Å². The van der Waals surface area contributed by atoms with E-state index < -0.39 is 17.8 Å². The van der Waals surface area contributed by atoms with E-state index in [1.54, 1.807) is 25.1 Å². The normalized spacial score (nSPS) is 22.3. The van der Waals surface area contributed by atoms with Gasteiger partial charge in [0.25, 0.3) is 11.8 Å². The van der Waals surface area contributed by atoms with Gasteiger partial charge in [0.05, 0.1) is 17.3 Å². The molecule has 3 N–H and O–H groups in total. The van der Waals surface area contributed by atoms with Crippen molar-refractivity contribution in [1.82, 2.24) is 4.90 Å². The number of aromatic hydroxyl groups is 1. The Morgan fingerprint density at radius 2 is 1.81 bits per heavy atom. The number of carbonyl (C=O) groups is 3. The van der Waals surface area contributed by atoms with Crippen molar-refractivity contribution in [3.8, 4) is 5.75 Å². The Morgan fingerprint density at radius 1 is 1.05 bits per heavy atom. The van der Waals surface area contributed by atoms with Crippen molar-refractivity contribution in [2.24, 2.45) is 11.0 Å². The summed E-state index contributed by atoms with van der Waals surface area (Å²) >= 11 is 0. The summed E-state index contributed by atoms with van der Waals surface area (Å²) < 4.78 is 0. The molecule has 9 heteroatoms. The van der Waals surface area contributed by atoms with Crippen LogP contribution in [0.25, 0.3) is 0 Å². The number of para-hydroxylation sites is 1. The largest absolute Gasteiger partial charge is 0.505 e. The number of amides is 2. The lowest BCUT2D eigenvalue weighted by atomic mass is 9.77. The van der Waals surface area contributed by atoms with Crippen LogP contribution in [0.3, 0.4) is 0 Å². The summed E-state index contributed by atoms with van der Waals surface area (Å²) in [5.74, 6) is -2.19. The van der Waals surface area contributed by atoms with Crippen LogP contribution in [0, 0.1) is 19.8 Å². The number of phenols is 1. The molecule has 2 atom stereocenters. The number of phenolic OH excluding ortho intramolecular Hbond substituents is 1. The zero-order valence-corrected chi connectivity index (χ0v) is 24.8. The van der Waals surface area contributed by atoms with E-state index in [2.05, 4.69) is 22.4 Å². The second-order valence-corrected chi connectivity index (χ2v) is 11.8. The fourth-order valence-electron chi connectivity index (χ4n) is 6.15. The fourth-order valence-corrected chi connectivity index (χ4v) is 6.15. The van der Waals surface area contributed by atoms with Gasteiger partial charge in [0.1, 0.15) is 5.75 Å². The Kier molecular flexibility index (Phi) is 8.50. The van der Waals surface area contributed by atoms with Gasteiger partial charge in [-0.1, -0.05) is 31.5 Å². The Hall–Kier alpha value is -3.98. The van der Waals surface area contributed by atoms with Crippen molar-refractivity contribution >= 4 is 34.9 Å². The standard InChI is InChI=1S/C33H40N4O5/c1-5-36(24-14-15-24)18-27-21(4)29(32(40)37(31(27)39)25-13-12-19(2)20(3)16-25)35-34-28-11-7-10-26(30(28)38)22-8-6-9-23(17-22)33(41)42/h7,10-13,16,22-24,34,38H,5-6,8-9,14-15,17-18H2,1-4H3,(H,41,42). The van der Waals surface area contributed by atoms with E-state index in [-0.39, 0.29) is 23.3 Å². The SMILES string of the molecule is CCN(CC1=C(C)C(=NNc2cccc(C3CCCC(C(=O)O)C3)c2O)C(=O)N(c2ccc(C)c(C)c2)C1=O)C1CC1. The van der Waals surface area contributed by atoms with E-state index >= 15 is 0 Å². The van der Waals surface area contributed by atoms with Gasteiger partial charge in [-0.05, 0) is 106 Å². The van der Waals surface area contributed by atoms with Crippen LogP contribution in [0.1, 0.15) is 75.0 Å². The number of nitrogens with zero attached hydrogens (tertiary/aromatic N) is 3. The molecule has 0 saturated heterocycles. The lowest BCUT2D eigenvalue weighted by Gasteiger charge is -2.31. The molecule has 2 aromatic carbocycles. The minimum atomic E-state index is -0.806. The molecule has 2 amide bonds. The number of anilines is 2. The van der Waals surface area contributed by atoms with E-state index in [9.17, 15) is 24.6 Å². The number of nitrogens with one attached hydrogen (secondary N) is 1. The minimum absolute atomic E-state index is 0.00372. The summed E-state index contributed by atoms with van der Waals surface area (Å²) in [4.78, 5) is 42.8. The summed E-state index contributed by atoms with van der Waals surface area (Å²) in [6.45, 7) is 8.98. The highest BCUT2D eigenvalue weighted by Gasteiger charge is 2.40. The van der Waals surface area contributed by atoms with Crippen molar-refractivity contribution in [2.45, 2.75) is 78.2 Å². The number of benzene rings is 2. The number of likely N-dealkylation sites (N-methyl/N-ethyl adjacent to an activating group) is 1. The maximum atomic E-state index is 13.9. The first-order valence-corrected chi connectivity index (χ1v) is 14.9. The lowest BCUT2D eigenvalue weighted by molar-refractivity contribution is -0.143. The summed E-state index contributed by atoms with van der Waals surface area (Å²) in [6, 6.07) is 11.2. The van der Waals surface area contributed by atoms with Gasteiger partial charge in [0.15, 0.2) is 5.71 Å². The number of hydrazone groups is 1. The van der Waals surface area contributed by atoms with Crippen LogP contribution in [0.4, 0.5) is 11.4 Å². The average molecular weight is 573 g/mol. The van der Waals surface area contributed by atoms with Gasteiger partial charge in [0, 0.05) is 18.2 Å². The predicted octanol–water partition coefficient (Wildman–Crippen LogP) is 5.51. The topological polar surface area (TPSA) is 123 Å². The molecule has 0 bridgehead atoms. The molecular weight excluding hydrogens is 532 g/mol. The van der Waals surface area contributed by atoms with Crippen LogP contribution in [-0.4, -0.2) is 57.7 Å². The smallest absolute Gasteiger partial charge is 0.306 e. The first-order valence-electron chi connectivity index (χ1n) is 14.9. The summed E-state index contributed by atoms with van der Waals surface area (Å²) in [5.41, 5.74) is 7.59. The first kappa shape index (κ1) is 29.5. The third kappa shape index (κ3) is 5.83. The molecule has 1 aliphatic heterocycles. The lowest BCUT2D eigenvalue weighted by Crippen LogP contribution is -2.49. The molecule has 1 heterocycles. The van der Waals surface area contributed by atoms with Gasteiger partial charge in [-0.25, -0.2) is 4.90 Å². The molecule has 42 heavy (non-hydrogen) atoms. The third-order valence-corrected chi connectivity index (χ3v) is 9.07. The zero-order chi connectivity index (χ0) is 30.1. The van der Waals surface area contributed by atoms with Crippen molar-refractivity contribution < 1.29 is 24.6 Å². The monoisotopic (exact) mass is 572 g/mol. The van der Waals surface area contributed by atoms with Gasteiger partial charge in [0.2, 0.25) is 0 Å². The summed E-state index contributed by atoms with van der Waals surface area (Å²) in [5, 5.41) is 25.2. The number of carboxylic acid groups (broad SMARTS) is 1. The molecule has 2 aliphatic carbocycles. The number of aliphatic carboxylic acids is 1. The predicted molar refractivity (Wildman–Crippen MR) is 163 cm³/mol. The molecule has 0 aromatic heterocycles. The number of aryl methyl sites for hydroxylation is 2. The molecule has 0 spiro atoms. The quantitative estimate of drug-likeness (QED) is 0.206. The fraction of sp³-hybridized carbons (Fsp3) is 0.455. The molecule has 2 saturated carbocycles. The van der Waals surface area contributed by atoms with Crippen molar-refractivity contribution in [3.63, 3.8) is 0 Å². The maximum absolute atomic E-state index is 13.9. The molecule has 5 rings (SSSR count). The van der Waals surface area contributed by atoms with Crippen LogP contribution < -0.4 is 10.3 Å². The van der Waals surface area contributed by atoms with E-state index in [1.807, 2.05) is 32.0 Å².